The minimum absolute atomic E-state index is 0.00363. The van der Waals surface area contributed by atoms with Crippen LogP contribution in [-0.4, -0.2) is 33.4 Å². The first-order valence-corrected chi connectivity index (χ1v) is 9.36. The van der Waals surface area contributed by atoms with E-state index in [0.29, 0.717) is 34.7 Å². The Hall–Kier alpha value is -3.07. The fraction of sp³-hybridized carbons (Fsp3) is 0.278. The van der Waals surface area contributed by atoms with Gasteiger partial charge < -0.3 is 9.72 Å². The van der Waals surface area contributed by atoms with E-state index in [1.54, 1.807) is 34.5 Å². The Morgan fingerprint density at radius 2 is 2.11 bits per heavy atom. The molecule has 2 aromatic heterocycles. The van der Waals surface area contributed by atoms with Crippen molar-refractivity contribution in [1.82, 2.24) is 15.0 Å². The molecule has 0 spiro atoms. The van der Waals surface area contributed by atoms with E-state index in [-0.39, 0.29) is 30.3 Å². The molecular formula is C18H16N4O4S. The Balaban J connectivity index is 1.38. The summed E-state index contributed by atoms with van der Waals surface area (Å²) in [5.74, 6) is -0.131. The van der Waals surface area contributed by atoms with Gasteiger partial charge in [0, 0.05) is 18.3 Å². The third kappa shape index (κ3) is 3.72. The van der Waals surface area contributed by atoms with Crippen LogP contribution in [0.25, 0.3) is 10.9 Å². The zero-order valence-electron chi connectivity index (χ0n) is 14.3. The molecule has 0 saturated carbocycles. The third-order valence-corrected chi connectivity index (χ3v) is 5.11. The molecule has 0 aliphatic carbocycles. The summed E-state index contributed by atoms with van der Waals surface area (Å²) >= 11 is 1.34. The second kappa shape index (κ2) is 7.28. The molecule has 138 valence electrons. The van der Waals surface area contributed by atoms with Gasteiger partial charge in [-0.05, 0) is 18.6 Å². The molecule has 1 aliphatic rings. The van der Waals surface area contributed by atoms with Crippen molar-refractivity contribution in [3.63, 3.8) is 0 Å². The number of benzene rings is 1. The molecule has 4 rings (SSSR count). The van der Waals surface area contributed by atoms with E-state index in [1.807, 2.05) is 0 Å². The van der Waals surface area contributed by atoms with E-state index < -0.39 is 5.97 Å². The van der Waals surface area contributed by atoms with Gasteiger partial charge in [-0.15, -0.1) is 11.3 Å². The molecule has 0 atom stereocenters. The Morgan fingerprint density at radius 1 is 1.26 bits per heavy atom. The lowest BCUT2D eigenvalue weighted by Crippen LogP contribution is -2.23. The van der Waals surface area contributed by atoms with Gasteiger partial charge in [0.1, 0.15) is 12.4 Å². The minimum Gasteiger partial charge on any atom is -0.457 e. The van der Waals surface area contributed by atoms with E-state index in [9.17, 15) is 14.4 Å². The van der Waals surface area contributed by atoms with Gasteiger partial charge in [0.25, 0.3) is 5.56 Å². The molecule has 3 heterocycles. The number of esters is 1. The SMILES string of the molecule is O=C(Cc1csc(N2CCCC2=O)n1)OCc1nc2ccccc2c(=O)[nH]1. The van der Waals surface area contributed by atoms with Gasteiger partial charge in [-0.1, -0.05) is 12.1 Å². The summed E-state index contributed by atoms with van der Waals surface area (Å²) in [6, 6.07) is 6.96. The van der Waals surface area contributed by atoms with Crippen molar-refractivity contribution >= 4 is 39.2 Å². The van der Waals surface area contributed by atoms with Crippen molar-refractivity contribution in [3.05, 3.63) is 51.5 Å². The number of carbonyl (C=O) groups excluding carboxylic acids is 2. The van der Waals surface area contributed by atoms with Crippen LogP contribution in [0.3, 0.4) is 0 Å². The summed E-state index contributed by atoms with van der Waals surface area (Å²) in [6.45, 7) is 0.539. The number of hydrogen-bond acceptors (Lipinski definition) is 7. The number of nitrogens with zero attached hydrogens (tertiary/aromatic N) is 3. The monoisotopic (exact) mass is 384 g/mol. The molecule has 0 bridgehead atoms. The van der Waals surface area contributed by atoms with Gasteiger partial charge in [0.2, 0.25) is 5.91 Å². The lowest BCUT2D eigenvalue weighted by Gasteiger charge is -2.10. The molecule has 27 heavy (non-hydrogen) atoms. The van der Waals surface area contributed by atoms with Crippen LogP contribution < -0.4 is 10.5 Å². The number of aromatic nitrogens is 3. The molecule has 1 aliphatic heterocycles. The fourth-order valence-electron chi connectivity index (χ4n) is 2.90. The van der Waals surface area contributed by atoms with Crippen LogP contribution in [0.15, 0.2) is 34.4 Å². The van der Waals surface area contributed by atoms with E-state index in [4.69, 9.17) is 4.74 Å². The number of para-hydroxylation sites is 1. The Morgan fingerprint density at radius 3 is 2.93 bits per heavy atom. The van der Waals surface area contributed by atoms with Crippen molar-refractivity contribution in [2.45, 2.75) is 25.9 Å². The summed E-state index contributed by atoms with van der Waals surface area (Å²) in [5.41, 5.74) is 0.831. The zero-order valence-corrected chi connectivity index (χ0v) is 15.1. The summed E-state index contributed by atoms with van der Waals surface area (Å²) in [4.78, 5) is 48.7. The van der Waals surface area contributed by atoms with Crippen molar-refractivity contribution in [3.8, 4) is 0 Å². The van der Waals surface area contributed by atoms with Crippen LogP contribution in [0.5, 0.6) is 0 Å². The second-order valence-corrected chi connectivity index (χ2v) is 6.97. The fourth-order valence-corrected chi connectivity index (χ4v) is 3.77. The molecule has 0 radical (unpaired) electrons. The lowest BCUT2D eigenvalue weighted by molar-refractivity contribution is -0.144. The summed E-state index contributed by atoms with van der Waals surface area (Å²) in [7, 11) is 0. The number of fused-ring (bicyclic) bond motifs is 1. The largest absolute Gasteiger partial charge is 0.457 e. The number of hydrogen-bond donors (Lipinski definition) is 1. The van der Waals surface area contributed by atoms with E-state index in [1.165, 1.54) is 11.3 Å². The standard InChI is InChI=1S/C18H16N4O4S/c23-15-6-3-7-22(15)18-19-11(10-27-18)8-16(24)26-9-14-20-13-5-2-1-4-12(13)17(25)21-14/h1-2,4-5,10H,3,6-9H2,(H,20,21,25). The molecule has 1 amide bonds. The number of rotatable bonds is 5. The summed E-state index contributed by atoms with van der Waals surface area (Å²) in [5, 5.41) is 2.85. The Kier molecular flexibility index (Phi) is 4.68. The quantitative estimate of drug-likeness (QED) is 0.673. The van der Waals surface area contributed by atoms with E-state index in [0.717, 1.165) is 6.42 Å². The number of amides is 1. The number of aromatic amines is 1. The predicted octanol–water partition coefficient (Wildman–Crippen LogP) is 1.79. The Bertz CT molecular complexity index is 1070. The first-order valence-electron chi connectivity index (χ1n) is 8.48. The van der Waals surface area contributed by atoms with Gasteiger partial charge in [-0.3, -0.25) is 19.3 Å². The molecule has 1 saturated heterocycles. The van der Waals surface area contributed by atoms with Crippen molar-refractivity contribution < 1.29 is 14.3 Å². The normalized spacial score (nSPS) is 14.1. The lowest BCUT2D eigenvalue weighted by atomic mass is 10.2. The average Bonchev–Trinajstić information content (AvgIpc) is 3.28. The maximum atomic E-state index is 12.1. The van der Waals surface area contributed by atoms with Crippen LogP contribution in [0.4, 0.5) is 5.13 Å². The highest BCUT2D eigenvalue weighted by molar-refractivity contribution is 7.14. The van der Waals surface area contributed by atoms with Crippen LogP contribution in [0.1, 0.15) is 24.4 Å². The zero-order chi connectivity index (χ0) is 18.8. The number of H-pyrrole nitrogens is 1. The topological polar surface area (TPSA) is 105 Å². The number of nitrogens with one attached hydrogen (secondary N) is 1. The van der Waals surface area contributed by atoms with Crippen LogP contribution in [0, 0.1) is 0 Å². The van der Waals surface area contributed by atoms with Crippen LogP contribution in [0.2, 0.25) is 0 Å². The average molecular weight is 384 g/mol. The maximum absolute atomic E-state index is 12.1. The van der Waals surface area contributed by atoms with Crippen molar-refractivity contribution in [2.24, 2.45) is 0 Å². The molecule has 0 unspecified atom stereocenters. The van der Waals surface area contributed by atoms with Gasteiger partial charge in [0.15, 0.2) is 5.13 Å². The molecule has 1 fully saturated rings. The molecule has 8 nitrogen and oxygen atoms in total. The van der Waals surface area contributed by atoms with Crippen molar-refractivity contribution in [1.29, 1.82) is 0 Å². The van der Waals surface area contributed by atoms with Crippen LogP contribution >= 0.6 is 11.3 Å². The molecule has 1 N–H and O–H groups in total. The van der Waals surface area contributed by atoms with E-state index >= 15 is 0 Å². The molecule has 9 heteroatoms. The number of carbonyl (C=O) groups is 2. The number of ether oxygens (including phenoxy) is 1. The molecule has 3 aromatic rings. The smallest absolute Gasteiger partial charge is 0.312 e. The van der Waals surface area contributed by atoms with Gasteiger partial charge >= 0.3 is 5.97 Å². The Labute approximate surface area is 157 Å². The highest BCUT2D eigenvalue weighted by atomic mass is 32.1. The van der Waals surface area contributed by atoms with Crippen LogP contribution in [-0.2, 0) is 27.4 Å². The summed E-state index contributed by atoms with van der Waals surface area (Å²) in [6.07, 6.45) is 1.36. The minimum atomic E-state index is -0.476. The second-order valence-electron chi connectivity index (χ2n) is 6.14. The first-order chi connectivity index (χ1) is 13.1. The predicted molar refractivity (Wildman–Crippen MR) is 99.6 cm³/mol. The maximum Gasteiger partial charge on any atom is 0.312 e. The number of thiazole rings is 1. The van der Waals surface area contributed by atoms with Gasteiger partial charge in [-0.25, -0.2) is 9.97 Å². The number of anilines is 1. The highest BCUT2D eigenvalue weighted by Gasteiger charge is 2.24. The van der Waals surface area contributed by atoms with E-state index in [2.05, 4.69) is 15.0 Å². The van der Waals surface area contributed by atoms with Gasteiger partial charge in [-0.2, -0.15) is 0 Å². The highest BCUT2D eigenvalue weighted by Crippen LogP contribution is 2.25. The van der Waals surface area contributed by atoms with Crippen molar-refractivity contribution in [2.75, 3.05) is 11.4 Å². The molecule has 1 aromatic carbocycles. The van der Waals surface area contributed by atoms with Gasteiger partial charge in [0.05, 0.1) is 23.0 Å². The third-order valence-electron chi connectivity index (χ3n) is 4.20. The first kappa shape index (κ1) is 17.3. The molecular weight excluding hydrogens is 368 g/mol. The summed E-state index contributed by atoms with van der Waals surface area (Å²) < 4.78 is 5.20.